The maximum Gasteiger partial charge on any atom is 0.238 e. The number of hydrogen-bond acceptors (Lipinski definition) is 4. The first kappa shape index (κ1) is 14.3. The van der Waals surface area contributed by atoms with Gasteiger partial charge in [0.05, 0.1) is 12.2 Å². The van der Waals surface area contributed by atoms with E-state index in [2.05, 4.69) is 10.5 Å². The maximum absolute atomic E-state index is 11.9. The van der Waals surface area contributed by atoms with Gasteiger partial charge in [0.2, 0.25) is 5.91 Å². The summed E-state index contributed by atoms with van der Waals surface area (Å²) in [6.45, 7) is 4.75. The van der Waals surface area contributed by atoms with Crippen molar-refractivity contribution in [2.24, 2.45) is 0 Å². The fraction of sp³-hybridized carbons (Fsp3) is 0.333. The number of aromatic nitrogens is 1. The Kier molecular flexibility index (Phi) is 4.53. The van der Waals surface area contributed by atoms with Crippen LogP contribution in [0.25, 0.3) is 0 Å². The van der Waals surface area contributed by atoms with E-state index in [0.29, 0.717) is 13.1 Å². The lowest BCUT2D eigenvalue weighted by molar-refractivity contribution is -0.117. The summed E-state index contributed by atoms with van der Waals surface area (Å²) in [7, 11) is 1.87. The van der Waals surface area contributed by atoms with E-state index in [9.17, 15) is 4.79 Å². The van der Waals surface area contributed by atoms with E-state index in [0.717, 1.165) is 17.1 Å². The second-order valence-corrected chi connectivity index (χ2v) is 5.02. The van der Waals surface area contributed by atoms with Gasteiger partial charge in [-0.15, -0.1) is 0 Å². The van der Waals surface area contributed by atoms with Crippen molar-refractivity contribution in [3.8, 4) is 0 Å². The van der Waals surface area contributed by atoms with Crippen LogP contribution in [0.3, 0.4) is 0 Å². The van der Waals surface area contributed by atoms with Crippen LogP contribution in [0.1, 0.15) is 17.0 Å². The van der Waals surface area contributed by atoms with Crippen LogP contribution < -0.4 is 5.32 Å². The molecule has 0 saturated heterocycles. The SMILES string of the molecule is Cc1ccc(NC(=O)CN(C)Cc2cc(C)on2)cc1. The third-order valence-electron chi connectivity index (χ3n) is 2.86. The minimum absolute atomic E-state index is 0.0448. The first-order valence-corrected chi connectivity index (χ1v) is 6.50. The van der Waals surface area contributed by atoms with E-state index in [1.165, 1.54) is 5.56 Å². The number of nitrogens with zero attached hydrogens (tertiary/aromatic N) is 2. The van der Waals surface area contributed by atoms with E-state index in [4.69, 9.17) is 4.52 Å². The molecule has 0 fully saturated rings. The Labute approximate surface area is 118 Å². The number of carbonyl (C=O) groups is 1. The topological polar surface area (TPSA) is 58.4 Å². The van der Waals surface area contributed by atoms with Crippen LogP contribution in [-0.4, -0.2) is 29.6 Å². The number of nitrogens with one attached hydrogen (secondary N) is 1. The van der Waals surface area contributed by atoms with Crippen LogP contribution in [0.2, 0.25) is 0 Å². The number of amides is 1. The van der Waals surface area contributed by atoms with Crippen LogP contribution in [0, 0.1) is 13.8 Å². The maximum atomic E-state index is 11.9. The van der Waals surface area contributed by atoms with Gasteiger partial charge in [0.1, 0.15) is 5.76 Å². The minimum Gasteiger partial charge on any atom is -0.361 e. The van der Waals surface area contributed by atoms with E-state index in [1.807, 2.05) is 56.1 Å². The highest BCUT2D eigenvalue weighted by molar-refractivity contribution is 5.92. The number of benzene rings is 1. The number of carbonyl (C=O) groups excluding carboxylic acids is 1. The lowest BCUT2D eigenvalue weighted by Crippen LogP contribution is -2.29. The van der Waals surface area contributed by atoms with Gasteiger partial charge in [-0.2, -0.15) is 0 Å². The molecule has 0 unspecified atom stereocenters. The Bertz CT molecular complexity index is 575. The molecule has 1 amide bonds. The predicted octanol–water partition coefficient (Wildman–Crippen LogP) is 2.36. The monoisotopic (exact) mass is 273 g/mol. The predicted molar refractivity (Wildman–Crippen MR) is 77.4 cm³/mol. The Morgan fingerprint density at radius 1 is 1.30 bits per heavy atom. The van der Waals surface area contributed by atoms with Gasteiger partial charge in [0.25, 0.3) is 0 Å². The standard InChI is InChI=1S/C15H19N3O2/c1-11-4-6-13(7-5-11)16-15(19)10-18(3)9-14-8-12(2)20-17-14/h4-8H,9-10H2,1-3H3,(H,16,19). The average molecular weight is 273 g/mol. The second kappa shape index (κ2) is 6.34. The van der Waals surface area contributed by atoms with Crippen molar-refractivity contribution < 1.29 is 9.32 Å². The molecule has 0 atom stereocenters. The molecule has 1 aromatic carbocycles. The molecule has 0 aliphatic rings. The minimum atomic E-state index is -0.0448. The molecule has 0 aliphatic heterocycles. The summed E-state index contributed by atoms with van der Waals surface area (Å²) in [4.78, 5) is 13.8. The van der Waals surface area contributed by atoms with Crippen molar-refractivity contribution in [1.29, 1.82) is 0 Å². The molecule has 5 heteroatoms. The molecule has 0 radical (unpaired) electrons. The highest BCUT2D eigenvalue weighted by atomic mass is 16.5. The zero-order chi connectivity index (χ0) is 14.5. The van der Waals surface area contributed by atoms with Crippen LogP contribution in [-0.2, 0) is 11.3 Å². The summed E-state index contributed by atoms with van der Waals surface area (Å²) < 4.78 is 5.00. The molecule has 0 bridgehead atoms. The van der Waals surface area contributed by atoms with Crippen LogP contribution in [0.15, 0.2) is 34.9 Å². The number of aryl methyl sites for hydroxylation is 2. The third-order valence-corrected chi connectivity index (χ3v) is 2.86. The quantitative estimate of drug-likeness (QED) is 0.908. The highest BCUT2D eigenvalue weighted by Crippen LogP contribution is 2.09. The summed E-state index contributed by atoms with van der Waals surface area (Å²) in [5.74, 6) is 0.731. The number of rotatable bonds is 5. The Balaban J connectivity index is 1.83. The molecule has 1 N–H and O–H groups in total. The molecule has 0 saturated carbocycles. The number of likely N-dealkylation sites (N-methyl/N-ethyl adjacent to an activating group) is 1. The van der Waals surface area contributed by atoms with E-state index in [1.54, 1.807) is 0 Å². The summed E-state index contributed by atoms with van der Waals surface area (Å²) >= 11 is 0. The molecule has 1 heterocycles. The van der Waals surface area contributed by atoms with Crippen LogP contribution >= 0.6 is 0 Å². The summed E-state index contributed by atoms with van der Waals surface area (Å²) in [6, 6.07) is 9.60. The molecule has 0 aliphatic carbocycles. The largest absolute Gasteiger partial charge is 0.361 e. The van der Waals surface area contributed by atoms with Crippen molar-refractivity contribution >= 4 is 11.6 Å². The van der Waals surface area contributed by atoms with Crippen LogP contribution in [0.4, 0.5) is 5.69 Å². The molecule has 5 nitrogen and oxygen atoms in total. The molecule has 2 rings (SSSR count). The Hall–Kier alpha value is -2.14. The van der Waals surface area contributed by atoms with Gasteiger partial charge in [0.15, 0.2) is 0 Å². The van der Waals surface area contributed by atoms with Crippen molar-refractivity contribution in [2.45, 2.75) is 20.4 Å². The van der Waals surface area contributed by atoms with Crippen molar-refractivity contribution in [1.82, 2.24) is 10.1 Å². The van der Waals surface area contributed by atoms with Crippen molar-refractivity contribution in [3.63, 3.8) is 0 Å². The molecule has 2 aromatic rings. The van der Waals surface area contributed by atoms with E-state index >= 15 is 0 Å². The highest BCUT2D eigenvalue weighted by Gasteiger charge is 2.09. The number of anilines is 1. The summed E-state index contributed by atoms with van der Waals surface area (Å²) in [5, 5.41) is 6.77. The Morgan fingerprint density at radius 3 is 2.60 bits per heavy atom. The zero-order valence-corrected chi connectivity index (χ0v) is 12.0. The summed E-state index contributed by atoms with van der Waals surface area (Å²) in [5.41, 5.74) is 2.81. The Morgan fingerprint density at radius 2 is 2.00 bits per heavy atom. The smallest absolute Gasteiger partial charge is 0.238 e. The van der Waals surface area contributed by atoms with E-state index in [-0.39, 0.29) is 5.91 Å². The lowest BCUT2D eigenvalue weighted by atomic mass is 10.2. The zero-order valence-electron chi connectivity index (χ0n) is 12.0. The van der Waals surface area contributed by atoms with Gasteiger partial charge in [0, 0.05) is 18.3 Å². The second-order valence-electron chi connectivity index (χ2n) is 5.02. The van der Waals surface area contributed by atoms with Gasteiger partial charge in [-0.3, -0.25) is 9.69 Å². The average Bonchev–Trinajstić information content (AvgIpc) is 2.77. The molecule has 106 valence electrons. The van der Waals surface area contributed by atoms with E-state index < -0.39 is 0 Å². The molecular formula is C15H19N3O2. The van der Waals surface area contributed by atoms with Gasteiger partial charge in [-0.25, -0.2) is 0 Å². The van der Waals surface area contributed by atoms with Gasteiger partial charge >= 0.3 is 0 Å². The number of hydrogen-bond donors (Lipinski definition) is 1. The third kappa shape index (κ3) is 4.20. The van der Waals surface area contributed by atoms with Gasteiger partial charge in [-0.05, 0) is 33.0 Å². The first-order chi connectivity index (χ1) is 9.52. The molecular weight excluding hydrogens is 254 g/mol. The summed E-state index contributed by atoms with van der Waals surface area (Å²) in [6.07, 6.45) is 0. The molecule has 20 heavy (non-hydrogen) atoms. The van der Waals surface area contributed by atoms with Gasteiger partial charge < -0.3 is 9.84 Å². The van der Waals surface area contributed by atoms with Gasteiger partial charge in [-0.1, -0.05) is 22.9 Å². The first-order valence-electron chi connectivity index (χ1n) is 6.50. The fourth-order valence-corrected chi connectivity index (χ4v) is 1.91. The lowest BCUT2D eigenvalue weighted by Gasteiger charge is -2.14. The fourth-order valence-electron chi connectivity index (χ4n) is 1.91. The normalized spacial score (nSPS) is 10.8. The van der Waals surface area contributed by atoms with Crippen molar-refractivity contribution in [3.05, 3.63) is 47.3 Å². The molecule has 0 spiro atoms. The molecule has 1 aromatic heterocycles. The van der Waals surface area contributed by atoms with Crippen LogP contribution in [0.5, 0.6) is 0 Å². The van der Waals surface area contributed by atoms with Crippen molar-refractivity contribution in [2.75, 3.05) is 18.9 Å².